The first-order valence-corrected chi connectivity index (χ1v) is 10.8. The van der Waals surface area contributed by atoms with Gasteiger partial charge in [0.25, 0.3) is 0 Å². The molecule has 0 aliphatic carbocycles. The van der Waals surface area contributed by atoms with Crippen LogP contribution in [0, 0.1) is 11.7 Å². The van der Waals surface area contributed by atoms with Gasteiger partial charge in [-0.05, 0) is 25.0 Å². The molecule has 0 aromatic heterocycles. The first-order valence-electron chi connectivity index (χ1n) is 9.65. The Kier molecular flexibility index (Phi) is 13.9. The molecule has 1 heterocycles. The van der Waals surface area contributed by atoms with E-state index in [1.54, 1.807) is 24.9 Å². The van der Waals surface area contributed by atoms with Gasteiger partial charge in [0.1, 0.15) is 5.82 Å². The fourth-order valence-corrected chi connectivity index (χ4v) is 3.81. The molecule has 8 heteroatoms. The Labute approximate surface area is 189 Å². The number of hydrogen-bond donors (Lipinski definition) is 1. The van der Waals surface area contributed by atoms with E-state index in [9.17, 15) is 4.39 Å². The molecule has 1 aliphatic rings. The van der Waals surface area contributed by atoms with E-state index in [4.69, 9.17) is 14.5 Å². The third-order valence-corrected chi connectivity index (χ3v) is 5.40. The Morgan fingerprint density at radius 2 is 2.18 bits per heavy atom. The standard InChI is InChI=1S/C20H32FN3O2S.HI/c1-3-22-20(24-10-8-17(14-24)15-26-12-11-25-2)23-9-13-27-16-18-6-4-5-7-19(18)21;/h4-7,17H,3,8-16H2,1-2H3,(H,22,23);1H. The lowest BCUT2D eigenvalue weighted by molar-refractivity contribution is 0.0536. The average Bonchev–Trinajstić information content (AvgIpc) is 3.14. The highest BCUT2D eigenvalue weighted by Crippen LogP contribution is 2.17. The molecule has 2 rings (SSSR count). The van der Waals surface area contributed by atoms with Gasteiger partial charge in [0.05, 0.1) is 26.4 Å². The lowest BCUT2D eigenvalue weighted by Gasteiger charge is -2.21. The molecule has 28 heavy (non-hydrogen) atoms. The molecule has 1 aromatic carbocycles. The van der Waals surface area contributed by atoms with Gasteiger partial charge in [-0.15, -0.1) is 24.0 Å². The Hall–Kier alpha value is -0.580. The van der Waals surface area contributed by atoms with Crippen LogP contribution in [-0.4, -0.2) is 69.7 Å². The van der Waals surface area contributed by atoms with Crippen molar-refractivity contribution in [2.45, 2.75) is 19.1 Å². The summed E-state index contributed by atoms with van der Waals surface area (Å²) in [6, 6.07) is 6.96. The van der Waals surface area contributed by atoms with Crippen LogP contribution in [0.3, 0.4) is 0 Å². The predicted octanol–water partition coefficient (Wildman–Crippen LogP) is 3.63. The number of benzene rings is 1. The van der Waals surface area contributed by atoms with E-state index in [1.807, 2.05) is 12.1 Å². The summed E-state index contributed by atoms with van der Waals surface area (Å²) in [5.41, 5.74) is 0.759. The first kappa shape index (κ1) is 25.5. The van der Waals surface area contributed by atoms with Crippen LogP contribution in [0.15, 0.2) is 29.3 Å². The Balaban J connectivity index is 0.00000392. The maximum absolute atomic E-state index is 13.6. The van der Waals surface area contributed by atoms with Crippen molar-refractivity contribution in [3.05, 3.63) is 35.6 Å². The van der Waals surface area contributed by atoms with Gasteiger partial charge in [-0.3, -0.25) is 4.99 Å². The van der Waals surface area contributed by atoms with Crippen molar-refractivity contribution in [1.29, 1.82) is 0 Å². The number of rotatable bonds is 11. The van der Waals surface area contributed by atoms with E-state index in [-0.39, 0.29) is 29.8 Å². The molecule has 1 aliphatic heterocycles. The number of aliphatic imine (C=N–C) groups is 1. The van der Waals surface area contributed by atoms with Crippen LogP contribution >= 0.6 is 35.7 Å². The summed E-state index contributed by atoms with van der Waals surface area (Å²) in [4.78, 5) is 7.06. The summed E-state index contributed by atoms with van der Waals surface area (Å²) in [6.07, 6.45) is 1.12. The molecule has 0 radical (unpaired) electrons. The Morgan fingerprint density at radius 3 is 2.93 bits per heavy atom. The second-order valence-corrected chi connectivity index (χ2v) is 7.65. The molecule has 0 saturated carbocycles. The number of nitrogens with one attached hydrogen (secondary N) is 1. The normalized spacial score (nSPS) is 16.9. The maximum Gasteiger partial charge on any atom is 0.193 e. The smallest absolute Gasteiger partial charge is 0.193 e. The van der Waals surface area contributed by atoms with Gasteiger partial charge >= 0.3 is 0 Å². The van der Waals surface area contributed by atoms with Crippen LogP contribution in [0.25, 0.3) is 0 Å². The summed E-state index contributed by atoms with van der Waals surface area (Å²) >= 11 is 1.71. The molecule has 1 fully saturated rings. The largest absolute Gasteiger partial charge is 0.382 e. The number of nitrogens with zero attached hydrogens (tertiary/aromatic N) is 2. The summed E-state index contributed by atoms with van der Waals surface area (Å²) in [6.45, 7) is 7.72. The summed E-state index contributed by atoms with van der Waals surface area (Å²) in [5.74, 6) is 2.95. The van der Waals surface area contributed by atoms with Gasteiger partial charge < -0.3 is 19.7 Å². The summed E-state index contributed by atoms with van der Waals surface area (Å²) in [7, 11) is 1.69. The van der Waals surface area contributed by atoms with Gasteiger partial charge in [-0.2, -0.15) is 11.8 Å². The lowest BCUT2D eigenvalue weighted by Crippen LogP contribution is -2.40. The van der Waals surface area contributed by atoms with Crippen molar-refractivity contribution in [3.8, 4) is 0 Å². The number of halogens is 2. The fourth-order valence-electron chi connectivity index (χ4n) is 2.99. The molecule has 1 N–H and O–H groups in total. The maximum atomic E-state index is 13.6. The van der Waals surface area contributed by atoms with Gasteiger partial charge in [0, 0.05) is 44.2 Å². The zero-order chi connectivity index (χ0) is 19.3. The molecule has 1 atom stereocenters. The fraction of sp³-hybridized carbons (Fsp3) is 0.650. The van der Waals surface area contributed by atoms with Crippen molar-refractivity contribution in [2.24, 2.45) is 10.9 Å². The van der Waals surface area contributed by atoms with Crippen LogP contribution in [-0.2, 0) is 15.2 Å². The number of ether oxygens (including phenoxy) is 2. The lowest BCUT2D eigenvalue weighted by atomic mass is 10.1. The van der Waals surface area contributed by atoms with Gasteiger partial charge in [-0.1, -0.05) is 18.2 Å². The highest BCUT2D eigenvalue weighted by Gasteiger charge is 2.24. The van der Waals surface area contributed by atoms with E-state index in [0.29, 0.717) is 24.9 Å². The van der Waals surface area contributed by atoms with E-state index in [2.05, 4.69) is 17.1 Å². The Bertz CT molecular complexity index is 580. The van der Waals surface area contributed by atoms with Crippen LogP contribution in [0.4, 0.5) is 4.39 Å². The zero-order valence-electron chi connectivity index (χ0n) is 16.9. The van der Waals surface area contributed by atoms with E-state index in [0.717, 1.165) is 56.5 Å². The SMILES string of the molecule is CCNC(=NCCSCc1ccccc1F)N1CCC(COCCOC)C1.I. The van der Waals surface area contributed by atoms with E-state index >= 15 is 0 Å². The second kappa shape index (κ2) is 15.3. The number of hydrogen-bond acceptors (Lipinski definition) is 4. The van der Waals surface area contributed by atoms with Gasteiger partial charge in [0.15, 0.2) is 5.96 Å². The number of guanidine groups is 1. The van der Waals surface area contributed by atoms with Crippen molar-refractivity contribution >= 4 is 41.7 Å². The average molecular weight is 525 g/mol. The highest BCUT2D eigenvalue weighted by atomic mass is 127. The molecule has 0 spiro atoms. The molecular formula is C20H33FIN3O2S. The van der Waals surface area contributed by atoms with Crippen LogP contribution in [0.1, 0.15) is 18.9 Å². The van der Waals surface area contributed by atoms with Gasteiger partial charge in [-0.25, -0.2) is 4.39 Å². The number of methoxy groups -OCH3 is 1. The van der Waals surface area contributed by atoms with Crippen LogP contribution in [0.2, 0.25) is 0 Å². The third-order valence-electron chi connectivity index (χ3n) is 4.42. The topological polar surface area (TPSA) is 46.1 Å². The summed E-state index contributed by atoms with van der Waals surface area (Å²) < 4.78 is 24.3. The van der Waals surface area contributed by atoms with Crippen molar-refractivity contribution < 1.29 is 13.9 Å². The number of thioether (sulfide) groups is 1. The molecular weight excluding hydrogens is 492 g/mol. The highest BCUT2D eigenvalue weighted by molar-refractivity contribution is 14.0. The zero-order valence-corrected chi connectivity index (χ0v) is 20.0. The van der Waals surface area contributed by atoms with Gasteiger partial charge in [0.2, 0.25) is 0 Å². The molecule has 0 bridgehead atoms. The van der Waals surface area contributed by atoms with Crippen LogP contribution < -0.4 is 5.32 Å². The Morgan fingerprint density at radius 1 is 1.36 bits per heavy atom. The first-order chi connectivity index (χ1) is 13.2. The molecule has 0 amide bonds. The van der Waals surface area contributed by atoms with Crippen molar-refractivity contribution in [3.63, 3.8) is 0 Å². The molecule has 1 unspecified atom stereocenters. The molecule has 1 aromatic rings. The van der Waals surface area contributed by atoms with Crippen molar-refractivity contribution in [2.75, 3.05) is 58.9 Å². The van der Waals surface area contributed by atoms with E-state index in [1.165, 1.54) is 6.07 Å². The van der Waals surface area contributed by atoms with Crippen molar-refractivity contribution in [1.82, 2.24) is 10.2 Å². The predicted molar refractivity (Wildman–Crippen MR) is 126 cm³/mol. The number of likely N-dealkylation sites (tertiary alicyclic amines) is 1. The monoisotopic (exact) mass is 525 g/mol. The second-order valence-electron chi connectivity index (χ2n) is 6.55. The van der Waals surface area contributed by atoms with Crippen LogP contribution in [0.5, 0.6) is 0 Å². The summed E-state index contributed by atoms with van der Waals surface area (Å²) in [5, 5.41) is 3.39. The molecule has 1 saturated heterocycles. The third kappa shape index (κ3) is 9.28. The van der Waals surface area contributed by atoms with E-state index < -0.39 is 0 Å². The minimum atomic E-state index is -0.127. The quantitative estimate of drug-likeness (QED) is 0.207. The molecule has 160 valence electrons. The minimum absolute atomic E-state index is 0. The minimum Gasteiger partial charge on any atom is -0.382 e. The molecule has 5 nitrogen and oxygen atoms in total.